The van der Waals surface area contributed by atoms with E-state index in [1.807, 2.05) is 25.1 Å². The van der Waals surface area contributed by atoms with Crippen LogP contribution in [-0.2, 0) is 0 Å². The molecule has 0 saturated heterocycles. The monoisotopic (exact) mass is 354 g/mol. The number of nitrogens with zero attached hydrogens (tertiary/aromatic N) is 3. The second-order valence-corrected chi connectivity index (χ2v) is 7.06. The zero-order valence-electron chi connectivity index (χ0n) is 14.3. The molecule has 4 rings (SSSR count). The van der Waals surface area contributed by atoms with Crippen molar-refractivity contribution in [3.63, 3.8) is 0 Å². The average molecular weight is 354 g/mol. The number of nitrogens with one attached hydrogen (secondary N) is 1. The average Bonchev–Trinajstić information content (AvgIpc) is 2.94. The van der Waals surface area contributed by atoms with E-state index in [9.17, 15) is 0 Å². The van der Waals surface area contributed by atoms with E-state index in [1.54, 1.807) is 17.7 Å². The summed E-state index contributed by atoms with van der Waals surface area (Å²) in [7, 11) is 0. The van der Waals surface area contributed by atoms with Crippen molar-refractivity contribution in [3.8, 4) is 11.5 Å². The maximum absolute atomic E-state index is 5.63. The molecule has 1 aromatic carbocycles. The molecule has 0 saturated carbocycles. The Morgan fingerprint density at radius 2 is 1.96 bits per heavy atom. The van der Waals surface area contributed by atoms with Crippen molar-refractivity contribution in [2.45, 2.75) is 20.8 Å². The fourth-order valence-corrected chi connectivity index (χ4v) is 3.73. The standard InChI is InChI=1S/C18H18N4O2S/c1-10-12(3)25-18-16(10)17(19-9-20-18)22-21-11(2)13-4-5-14-15(8-13)24-7-6-23-14/h4-5,8-9H,6-7H2,1-3H3,(H,19,20,22)/b21-11-. The molecule has 6 nitrogen and oxygen atoms in total. The van der Waals surface area contributed by atoms with Crippen molar-refractivity contribution in [2.24, 2.45) is 5.10 Å². The molecule has 128 valence electrons. The van der Waals surface area contributed by atoms with E-state index >= 15 is 0 Å². The van der Waals surface area contributed by atoms with Crippen LogP contribution in [0.3, 0.4) is 0 Å². The molecule has 1 N–H and O–H groups in total. The minimum atomic E-state index is 0.570. The number of hydrogen-bond acceptors (Lipinski definition) is 7. The highest BCUT2D eigenvalue weighted by atomic mass is 32.1. The van der Waals surface area contributed by atoms with Crippen molar-refractivity contribution in [3.05, 3.63) is 40.5 Å². The van der Waals surface area contributed by atoms with Gasteiger partial charge in [-0.1, -0.05) is 0 Å². The van der Waals surface area contributed by atoms with E-state index in [0.29, 0.717) is 13.2 Å². The number of benzene rings is 1. The quantitative estimate of drug-likeness (QED) is 0.570. The molecule has 1 aliphatic heterocycles. The number of aromatic nitrogens is 2. The van der Waals surface area contributed by atoms with Crippen molar-refractivity contribution in [1.82, 2.24) is 9.97 Å². The van der Waals surface area contributed by atoms with Crippen LogP contribution < -0.4 is 14.9 Å². The van der Waals surface area contributed by atoms with Gasteiger partial charge in [-0.3, -0.25) is 5.43 Å². The number of anilines is 1. The van der Waals surface area contributed by atoms with Gasteiger partial charge in [0.1, 0.15) is 24.4 Å². The molecule has 0 aliphatic carbocycles. The van der Waals surface area contributed by atoms with Gasteiger partial charge >= 0.3 is 0 Å². The Kier molecular flexibility index (Phi) is 4.01. The summed E-state index contributed by atoms with van der Waals surface area (Å²) in [5.41, 5.74) is 6.10. The van der Waals surface area contributed by atoms with Gasteiger partial charge < -0.3 is 9.47 Å². The molecule has 1 aliphatic rings. The molecular formula is C18H18N4O2S. The van der Waals surface area contributed by atoms with Gasteiger partial charge in [0.05, 0.1) is 11.1 Å². The largest absolute Gasteiger partial charge is 0.486 e. The first-order chi connectivity index (χ1) is 12.1. The fourth-order valence-electron chi connectivity index (χ4n) is 2.74. The van der Waals surface area contributed by atoms with Crippen LogP contribution in [0.25, 0.3) is 10.2 Å². The van der Waals surface area contributed by atoms with E-state index < -0.39 is 0 Å². The normalized spacial score (nSPS) is 14.0. The Labute approximate surface area is 149 Å². The molecule has 2 aromatic heterocycles. The van der Waals surface area contributed by atoms with Crippen LogP contribution in [-0.4, -0.2) is 28.9 Å². The Morgan fingerprint density at radius 1 is 1.16 bits per heavy atom. The highest BCUT2D eigenvalue weighted by Gasteiger charge is 2.14. The highest BCUT2D eigenvalue weighted by molar-refractivity contribution is 7.18. The second-order valence-electron chi connectivity index (χ2n) is 5.85. The van der Waals surface area contributed by atoms with Gasteiger partial charge in [-0.25, -0.2) is 9.97 Å². The molecule has 3 heterocycles. The van der Waals surface area contributed by atoms with Gasteiger partial charge in [-0.05, 0) is 44.5 Å². The third-order valence-electron chi connectivity index (χ3n) is 4.25. The number of aryl methyl sites for hydroxylation is 2. The lowest BCUT2D eigenvalue weighted by Crippen LogP contribution is -2.15. The topological polar surface area (TPSA) is 68.6 Å². The number of hydrogen-bond donors (Lipinski definition) is 1. The molecule has 0 fully saturated rings. The zero-order chi connectivity index (χ0) is 17.4. The van der Waals surface area contributed by atoms with E-state index in [4.69, 9.17) is 9.47 Å². The van der Waals surface area contributed by atoms with Gasteiger partial charge in [0.25, 0.3) is 0 Å². The summed E-state index contributed by atoms with van der Waals surface area (Å²) in [5, 5.41) is 5.53. The molecule has 0 atom stereocenters. The lowest BCUT2D eigenvalue weighted by atomic mass is 10.1. The smallest absolute Gasteiger partial charge is 0.162 e. The lowest BCUT2D eigenvalue weighted by Gasteiger charge is -2.18. The summed E-state index contributed by atoms with van der Waals surface area (Å²) in [6.45, 7) is 7.28. The molecule has 0 spiro atoms. The molecule has 0 radical (unpaired) electrons. The van der Waals surface area contributed by atoms with E-state index in [1.165, 1.54) is 10.4 Å². The molecular weight excluding hydrogens is 336 g/mol. The third-order valence-corrected chi connectivity index (χ3v) is 5.37. The number of ether oxygens (including phenoxy) is 2. The number of thiophene rings is 1. The summed E-state index contributed by atoms with van der Waals surface area (Å²) in [5.74, 6) is 2.26. The minimum absolute atomic E-state index is 0.570. The molecule has 0 amide bonds. The summed E-state index contributed by atoms with van der Waals surface area (Å²) >= 11 is 1.67. The Bertz CT molecular complexity index is 981. The van der Waals surface area contributed by atoms with Crippen LogP contribution in [0.4, 0.5) is 5.82 Å². The number of rotatable bonds is 3. The summed E-state index contributed by atoms with van der Waals surface area (Å²) < 4.78 is 11.2. The minimum Gasteiger partial charge on any atom is -0.486 e. The number of fused-ring (bicyclic) bond motifs is 2. The Hall–Kier alpha value is -2.67. The first-order valence-corrected chi connectivity index (χ1v) is 8.86. The van der Waals surface area contributed by atoms with Crippen LogP contribution in [0, 0.1) is 13.8 Å². The lowest BCUT2D eigenvalue weighted by molar-refractivity contribution is 0.171. The SMILES string of the molecule is C/C(=N/Nc1ncnc2sc(C)c(C)c12)c1ccc2c(c1)OCCO2. The molecule has 25 heavy (non-hydrogen) atoms. The first kappa shape index (κ1) is 15.8. The molecule has 0 bridgehead atoms. The number of hydrazone groups is 1. The first-order valence-electron chi connectivity index (χ1n) is 8.04. The van der Waals surface area contributed by atoms with Crippen molar-refractivity contribution in [1.29, 1.82) is 0 Å². The van der Waals surface area contributed by atoms with Crippen molar-refractivity contribution < 1.29 is 9.47 Å². The maximum atomic E-state index is 5.63. The summed E-state index contributed by atoms with van der Waals surface area (Å²) in [4.78, 5) is 10.9. The molecule has 7 heteroatoms. The van der Waals surface area contributed by atoms with E-state index in [-0.39, 0.29) is 0 Å². The van der Waals surface area contributed by atoms with Crippen LogP contribution >= 0.6 is 11.3 Å². The Morgan fingerprint density at radius 3 is 2.80 bits per heavy atom. The predicted octanol–water partition coefficient (Wildman–Crippen LogP) is 3.92. The van der Waals surface area contributed by atoms with E-state index in [2.05, 4.69) is 34.3 Å². The highest BCUT2D eigenvalue weighted by Crippen LogP contribution is 2.33. The third kappa shape index (κ3) is 2.91. The van der Waals surface area contributed by atoms with Gasteiger partial charge in [-0.2, -0.15) is 5.10 Å². The van der Waals surface area contributed by atoms with E-state index in [0.717, 1.165) is 38.8 Å². The van der Waals surface area contributed by atoms with Gasteiger partial charge in [0.15, 0.2) is 17.3 Å². The van der Waals surface area contributed by atoms with Crippen LogP contribution in [0.1, 0.15) is 22.9 Å². The molecule has 0 unspecified atom stereocenters. The maximum Gasteiger partial charge on any atom is 0.162 e. The van der Waals surface area contributed by atoms with Gasteiger partial charge in [-0.15, -0.1) is 11.3 Å². The van der Waals surface area contributed by atoms with Gasteiger partial charge in [0.2, 0.25) is 0 Å². The predicted molar refractivity (Wildman–Crippen MR) is 100 cm³/mol. The van der Waals surface area contributed by atoms with Gasteiger partial charge in [0, 0.05) is 10.4 Å². The second kappa shape index (κ2) is 6.33. The Balaban J connectivity index is 1.64. The van der Waals surface area contributed by atoms with Crippen LogP contribution in [0.5, 0.6) is 11.5 Å². The summed E-state index contributed by atoms with van der Waals surface area (Å²) in [6, 6.07) is 5.84. The van der Waals surface area contributed by atoms with Crippen molar-refractivity contribution in [2.75, 3.05) is 18.6 Å². The van der Waals surface area contributed by atoms with Crippen LogP contribution in [0.15, 0.2) is 29.6 Å². The zero-order valence-corrected chi connectivity index (χ0v) is 15.1. The van der Waals surface area contributed by atoms with Crippen LogP contribution in [0.2, 0.25) is 0 Å². The molecule has 3 aromatic rings. The summed E-state index contributed by atoms with van der Waals surface area (Å²) in [6.07, 6.45) is 1.56. The fraction of sp³-hybridized carbons (Fsp3) is 0.278. The van der Waals surface area contributed by atoms with Crippen molar-refractivity contribution >= 4 is 33.1 Å².